The maximum Gasteiger partial charge on any atom is 0.252 e. The number of hydrogen-bond donors (Lipinski definition) is 0. The lowest BCUT2D eigenvalue weighted by atomic mass is 9.91. The Kier molecular flexibility index (Phi) is 5.11. The number of hydrogen-bond acceptors (Lipinski definition) is 4. The van der Waals surface area contributed by atoms with Crippen LogP contribution in [0.3, 0.4) is 0 Å². The van der Waals surface area contributed by atoms with E-state index in [0.717, 1.165) is 5.56 Å². The SMILES string of the molecule is Cc1csc(S(=O)(=O)N2CCCC(C(=O)c3cccc(Cl)c3)C2)c1. The second-order valence-electron chi connectivity index (χ2n) is 6.02. The zero-order valence-corrected chi connectivity index (χ0v) is 15.6. The standard InChI is InChI=1S/C17H18ClNO3S2/c1-12-8-16(23-11-12)24(21,22)19-7-3-5-14(10-19)17(20)13-4-2-6-15(18)9-13/h2,4,6,8-9,11,14H,3,5,7,10H2,1H3. The second-order valence-corrected chi connectivity index (χ2v) is 9.53. The van der Waals surface area contributed by atoms with Crippen molar-refractivity contribution in [1.82, 2.24) is 4.31 Å². The number of rotatable bonds is 4. The molecule has 1 aromatic heterocycles. The predicted octanol–water partition coefficient (Wildman–Crippen LogP) is 3.99. The van der Waals surface area contributed by atoms with Gasteiger partial charge < -0.3 is 0 Å². The van der Waals surface area contributed by atoms with Crippen LogP contribution in [-0.2, 0) is 10.0 Å². The first-order valence-corrected chi connectivity index (χ1v) is 10.4. The zero-order chi connectivity index (χ0) is 17.3. The molecule has 2 aromatic rings. The van der Waals surface area contributed by atoms with Crippen LogP contribution in [0.25, 0.3) is 0 Å². The molecule has 24 heavy (non-hydrogen) atoms. The third-order valence-corrected chi connectivity index (χ3v) is 7.80. The van der Waals surface area contributed by atoms with Gasteiger partial charge in [0.2, 0.25) is 0 Å². The number of sulfonamides is 1. The van der Waals surface area contributed by atoms with E-state index < -0.39 is 10.0 Å². The van der Waals surface area contributed by atoms with Gasteiger partial charge in [0, 0.05) is 29.6 Å². The summed E-state index contributed by atoms with van der Waals surface area (Å²) in [5.74, 6) is -0.368. The maximum atomic E-state index is 12.8. The fourth-order valence-corrected chi connectivity index (χ4v) is 6.02. The number of aryl methyl sites for hydroxylation is 1. The quantitative estimate of drug-likeness (QED) is 0.750. The van der Waals surface area contributed by atoms with Gasteiger partial charge in [-0.15, -0.1) is 11.3 Å². The van der Waals surface area contributed by atoms with Crippen LogP contribution in [0, 0.1) is 12.8 Å². The van der Waals surface area contributed by atoms with E-state index in [0.29, 0.717) is 34.2 Å². The molecule has 0 saturated carbocycles. The Bertz CT molecular complexity index is 860. The molecule has 0 radical (unpaired) electrons. The fourth-order valence-electron chi connectivity index (χ4n) is 2.92. The van der Waals surface area contributed by atoms with Gasteiger partial charge in [0.1, 0.15) is 4.21 Å². The van der Waals surface area contributed by atoms with Crippen molar-refractivity contribution < 1.29 is 13.2 Å². The number of carbonyl (C=O) groups excluding carboxylic acids is 1. The molecule has 0 aliphatic carbocycles. The highest BCUT2D eigenvalue weighted by Gasteiger charge is 2.34. The van der Waals surface area contributed by atoms with Gasteiger partial charge in [-0.3, -0.25) is 4.79 Å². The van der Waals surface area contributed by atoms with Gasteiger partial charge in [0.25, 0.3) is 10.0 Å². The average molecular weight is 384 g/mol. The number of nitrogens with zero attached hydrogens (tertiary/aromatic N) is 1. The molecule has 1 aliphatic heterocycles. The molecule has 1 aliphatic rings. The van der Waals surface area contributed by atoms with Gasteiger partial charge in [-0.1, -0.05) is 23.7 Å². The molecular weight excluding hydrogens is 366 g/mol. The maximum absolute atomic E-state index is 12.8. The minimum absolute atomic E-state index is 0.0419. The summed E-state index contributed by atoms with van der Waals surface area (Å²) < 4.78 is 27.3. The predicted molar refractivity (Wildman–Crippen MR) is 96.3 cm³/mol. The Morgan fingerprint density at radius 2 is 2.12 bits per heavy atom. The molecule has 4 nitrogen and oxygen atoms in total. The van der Waals surface area contributed by atoms with E-state index in [2.05, 4.69) is 0 Å². The normalized spacial score (nSPS) is 19.3. The van der Waals surface area contributed by atoms with E-state index in [1.165, 1.54) is 15.6 Å². The molecule has 3 rings (SSSR count). The van der Waals surface area contributed by atoms with Gasteiger partial charge in [-0.25, -0.2) is 8.42 Å². The molecule has 128 valence electrons. The van der Waals surface area contributed by atoms with Gasteiger partial charge in [0.05, 0.1) is 0 Å². The summed E-state index contributed by atoms with van der Waals surface area (Å²) in [4.78, 5) is 12.7. The summed E-state index contributed by atoms with van der Waals surface area (Å²) >= 11 is 7.18. The minimum atomic E-state index is -3.52. The smallest absolute Gasteiger partial charge is 0.252 e. The Balaban J connectivity index is 1.80. The van der Waals surface area contributed by atoms with E-state index in [1.54, 1.807) is 30.3 Å². The first-order chi connectivity index (χ1) is 11.4. The molecule has 2 heterocycles. The molecule has 0 bridgehead atoms. The number of Topliss-reactive ketones (excluding diaryl/α,β-unsaturated/α-hetero) is 1. The summed E-state index contributed by atoms with van der Waals surface area (Å²) in [7, 11) is -3.52. The molecule has 7 heteroatoms. The highest BCUT2D eigenvalue weighted by molar-refractivity contribution is 7.91. The molecule has 0 amide bonds. The van der Waals surface area contributed by atoms with Crippen LogP contribution in [0.4, 0.5) is 0 Å². The Morgan fingerprint density at radius 3 is 2.79 bits per heavy atom. The minimum Gasteiger partial charge on any atom is -0.294 e. The summed E-state index contributed by atoms with van der Waals surface area (Å²) in [5.41, 5.74) is 1.47. The molecule has 1 aromatic carbocycles. The van der Waals surface area contributed by atoms with Crippen LogP contribution in [0.15, 0.2) is 39.9 Å². The fraction of sp³-hybridized carbons (Fsp3) is 0.353. The van der Waals surface area contributed by atoms with Crippen molar-refractivity contribution in [3.8, 4) is 0 Å². The number of ketones is 1. The molecule has 0 spiro atoms. The number of halogens is 1. The lowest BCUT2D eigenvalue weighted by Gasteiger charge is -2.30. The third-order valence-electron chi connectivity index (χ3n) is 4.16. The first-order valence-electron chi connectivity index (χ1n) is 7.73. The molecule has 1 fully saturated rings. The van der Waals surface area contributed by atoms with Crippen molar-refractivity contribution in [2.24, 2.45) is 5.92 Å². The number of carbonyl (C=O) groups is 1. The average Bonchev–Trinajstić information content (AvgIpc) is 3.01. The summed E-state index contributed by atoms with van der Waals surface area (Å²) in [6.45, 7) is 2.56. The zero-order valence-electron chi connectivity index (χ0n) is 13.2. The van der Waals surface area contributed by atoms with Crippen LogP contribution in [-0.4, -0.2) is 31.6 Å². The second kappa shape index (κ2) is 6.96. The Morgan fingerprint density at radius 1 is 1.33 bits per heavy atom. The van der Waals surface area contributed by atoms with E-state index in [1.807, 2.05) is 12.3 Å². The van der Waals surface area contributed by atoms with Crippen LogP contribution in [0.2, 0.25) is 5.02 Å². The monoisotopic (exact) mass is 383 g/mol. The van der Waals surface area contributed by atoms with E-state index in [4.69, 9.17) is 11.6 Å². The van der Waals surface area contributed by atoms with E-state index in [9.17, 15) is 13.2 Å². The third kappa shape index (κ3) is 3.57. The van der Waals surface area contributed by atoms with Crippen LogP contribution in [0.5, 0.6) is 0 Å². The van der Waals surface area contributed by atoms with Crippen molar-refractivity contribution in [3.05, 3.63) is 51.9 Å². The van der Waals surface area contributed by atoms with Crippen molar-refractivity contribution >= 4 is 38.7 Å². The number of thiophene rings is 1. The van der Waals surface area contributed by atoms with Crippen molar-refractivity contribution in [2.45, 2.75) is 24.0 Å². The largest absolute Gasteiger partial charge is 0.294 e. The van der Waals surface area contributed by atoms with Crippen LogP contribution in [0.1, 0.15) is 28.8 Å². The topological polar surface area (TPSA) is 54.5 Å². The summed E-state index contributed by atoms with van der Waals surface area (Å²) in [5, 5.41) is 2.33. The first kappa shape index (κ1) is 17.6. The van der Waals surface area contributed by atoms with Gasteiger partial charge in [0.15, 0.2) is 5.78 Å². The molecule has 0 N–H and O–H groups in total. The number of benzene rings is 1. The molecule has 1 atom stereocenters. The van der Waals surface area contributed by atoms with Gasteiger partial charge in [-0.2, -0.15) is 4.31 Å². The highest BCUT2D eigenvalue weighted by atomic mass is 35.5. The lowest BCUT2D eigenvalue weighted by molar-refractivity contribution is 0.0872. The van der Waals surface area contributed by atoms with Crippen molar-refractivity contribution in [2.75, 3.05) is 13.1 Å². The Labute approximate surface area is 151 Å². The van der Waals surface area contributed by atoms with E-state index >= 15 is 0 Å². The van der Waals surface area contributed by atoms with Crippen molar-refractivity contribution in [1.29, 1.82) is 0 Å². The molecule has 1 unspecified atom stereocenters. The Hall–Kier alpha value is -1.21. The summed E-state index contributed by atoms with van der Waals surface area (Å²) in [6.07, 6.45) is 1.38. The van der Waals surface area contributed by atoms with Crippen LogP contribution >= 0.6 is 22.9 Å². The van der Waals surface area contributed by atoms with Crippen LogP contribution < -0.4 is 0 Å². The highest BCUT2D eigenvalue weighted by Crippen LogP contribution is 2.29. The van der Waals surface area contributed by atoms with Gasteiger partial charge in [-0.05, 0) is 48.9 Å². The molecular formula is C17H18ClNO3S2. The van der Waals surface area contributed by atoms with E-state index in [-0.39, 0.29) is 18.2 Å². The van der Waals surface area contributed by atoms with Gasteiger partial charge >= 0.3 is 0 Å². The van der Waals surface area contributed by atoms with Crippen molar-refractivity contribution in [3.63, 3.8) is 0 Å². The number of piperidine rings is 1. The molecule has 1 saturated heterocycles. The lowest BCUT2D eigenvalue weighted by Crippen LogP contribution is -2.42. The summed E-state index contributed by atoms with van der Waals surface area (Å²) in [6, 6.07) is 8.50.